The van der Waals surface area contributed by atoms with Gasteiger partial charge in [0.15, 0.2) is 12.4 Å². The summed E-state index contributed by atoms with van der Waals surface area (Å²) >= 11 is 0. The molecule has 0 radical (unpaired) electrons. The maximum absolute atomic E-state index is 12.3. The van der Waals surface area contributed by atoms with Crippen LogP contribution in [0.1, 0.15) is 11.7 Å². The van der Waals surface area contributed by atoms with Crippen molar-refractivity contribution < 1.29 is 18.2 Å². The lowest BCUT2D eigenvalue weighted by Crippen LogP contribution is -2.26. The third-order valence-corrected chi connectivity index (χ3v) is 1.61. The molecule has 1 aromatic heterocycles. The smallest absolute Gasteiger partial charge is 0.268 e. The summed E-state index contributed by atoms with van der Waals surface area (Å²) in [7, 11) is 1.18. The van der Waals surface area contributed by atoms with Gasteiger partial charge in [-0.15, -0.1) is 0 Å². The van der Waals surface area contributed by atoms with Crippen molar-refractivity contribution in [2.45, 2.75) is 12.5 Å². The number of aromatic nitrogens is 1. The number of rotatable bonds is 3. The number of nitrogens with zero attached hydrogens (tertiary/aromatic N) is 1. The first-order valence-electron chi connectivity index (χ1n) is 3.65. The maximum atomic E-state index is 12.3. The van der Waals surface area contributed by atoms with Crippen molar-refractivity contribution in [1.82, 2.24) is 0 Å². The van der Waals surface area contributed by atoms with E-state index in [2.05, 4.69) is 4.74 Å². The van der Waals surface area contributed by atoms with Crippen LogP contribution in [-0.2, 0) is 4.74 Å². The molecule has 0 fully saturated rings. The van der Waals surface area contributed by atoms with Gasteiger partial charge in [-0.3, -0.25) is 0 Å². The molecule has 1 atom stereocenters. The van der Waals surface area contributed by atoms with Crippen molar-refractivity contribution in [3.63, 3.8) is 0 Å². The van der Waals surface area contributed by atoms with Gasteiger partial charge >= 0.3 is 0 Å². The summed E-state index contributed by atoms with van der Waals surface area (Å²) in [5.74, 6) is 0. The number of hydrogen-bond acceptors (Lipinski definition) is 2. The van der Waals surface area contributed by atoms with E-state index in [9.17, 15) is 14.0 Å². The Bertz CT molecular complexity index is 281. The zero-order valence-corrected chi connectivity index (χ0v) is 6.98. The number of alkyl halides is 2. The average molecular weight is 189 g/mol. The number of hydrogen-bond donors (Lipinski definition) is 0. The third-order valence-electron chi connectivity index (χ3n) is 1.61. The van der Waals surface area contributed by atoms with Crippen LogP contribution in [0.15, 0.2) is 24.5 Å². The second kappa shape index (κ2) is 4.13. The zero-order chi connectivity index (χ0) is 9.84. The van der Waals surface area contributed by atoms with Crippen LogP contribution in [0.3, 0.4) is 0 Å². The van der Waals surface area contributed by atoms with Crippen LogP contribution in [-0.4, -0.2) is 13.5 Å². The van der Waals surface area contributed by atoms with Crippen LogP contribution in [0.25, 0.3) is 0 Å². The first-order valence-corrected chi connectivity index (χ1v) is 3.65. The van der Waals surface area contributed by atoms with E-state index in [0.29, 0.717) is 4.73 Å². The quantitative estimate of drug-likeness (QED) is 0.530. The molecule has 0 aliphatic heterocycles. The van der Waals surface area contributed by atoms with E-state index < -0.39 is 12.5 Å². The molecule has 0 aliphatic rings. The average Bonchev–Trinajstić information content (AvgIpc) is 2.04. The lowest BCUT2D eigenvalue weighted by Gasteiger charge is -2.12. The van der Waals surface area contributed by atoms with Crippen LogP contribution in [0.5, 0.6) is 0 Å². The fourth-order valence-electron chi connectivity index (χ4n) is 1.02. The fourth-order valence-corrected chi connectivity index (χ4v) is 1.02. The molecule has 0 saturated heterocycles. The molecule has 72 valence electrons. The summed E-state index contributed by atoms with van der Waals surface area (Å²) in [4.78, 5) is 0. The van der Waals surface area contributed by atoms with Gasteiger partial charge in [-0.05, 0) is 6.07 Å². The summed E-state index contributed by atoms with van der Waals surface area (Å²) in [5, 5.41) is 10.7. The number of methoxy groups -OCH3 is 1. The summed E-state index contributed by atoms with van der Waals surface area (Å²) in [6.45, 7) is 0. The van der Waals surface area contributed by atoms with Crippen molar-refractivity contribution in [3.8, 4) is 0 Å². The Morgan fingerprint density at radius 2 is 2.23 bits per heavy atom. The lowest BCUT2D eigenvalue weighted by atomic mass is 10.2. The molecule has 0 aliphatic carbocycles. The molecular formula is C8H9F2NO2. The number of pyridine rings is 1. The third kappa shape index (κ3) is 2.35. The van der Waals surface area contributed by atoms with Crippen LogP contribution >= 0.6 is 0 Å². The van der Waals surface area contributed by atoms with Crippen molar-refractivity contribution in [2.75, 3.05) is 7.11 Å². The van der Waals surface area contributed by atoms with Crippen LogP contribution in [0.4, 0.5) is 8.78 Å². The molecule has 0 spiro atoms. The van der Waals surface area contributed by atoms with Crippen molar-refractivity contribution >= 4 is 0 Å². The largest absolute Gasteiger partial charge is 0.619 e. The van der Waals surface area contributed by atoms with Gasteiger partial charge in [0.25, 0.3) is 6.43 Å². The molecule has 1 rings (SSSR count). The van der Waals surface area contributed by atoms with E-state index in [1.54, 1.807) is 0 Å². The van der Waals surface area contributed by atoms with E-state index in [1.807, 2.05) is 0 Å². The Labute approximate surface area is 74.1 Å². The predicted molar refractivity (Wildman–Crippen MR) is 41.2 cm³/mol. The van der Waals surface area contributed by atoms with Gasteiger partial charge < -0.3 is 9.94 Å². The monoisotopic (exact) mass is 189 g/mol. The molecule has 1 heterocycles. The Hall–Kier alpha value is -1.23. The van der Waals surface area contributed by atoms with Crippen LogP contribution in [0.2, 0.25) is 0 Å². The highest BCUT2D eigenvalue weighted by Gasteiger charge is 2.23. The topological polar surface area (TPSA) is 36.2 Å². The molecule has 5 heteroatoms. The Kier molecular flexibility index (Phi) is 3.13. The minimum atomic E-state index is -2.63. The molecule has 0 amide bonds. The van der Waals surface area contributed by atoms with E-state index in [4.69, 9.17) is 0 Å². The van der Waals surface area contributed by atoms with E-state index >= 15 is 0 Å². The lowest BCUT2D eigenvalue weighted by molar-refractivity contribution is -0.606. The van der Waals surface area contributed by atoms with Crippen LogP contribution in [0, 0.1) is 5.21 Å². The minimum Gasteiger partial charge on any atom is -0.619 e. The molecular weight excluding hydrogens is 180 g/mol. The summed E-state index contributed by atoms with van der Waals surface area (Å²) < 4.78 is 29.6. The number of halogens is 2. The first kappa shape index (κ1) is 9.85. The molecule has 0 aromatic carbocycles. The van der Waals surface area contributed by atoms with Gasteiger partial charge in [-0.1, -0.05) is 0 Å². The van der Waals surface area contributed by atoms with E-state index in [0.717, 1.165) is 6.20 Å². The van der Waals surface area contributed by atoms with Gasteiger partial charge in [0.1, 0.15) is 6.10 Å². The first-order chi connectivity index (χ1) is 6.15. The highest BCUT2D eigenvalue weighted by Crippen LogP contribution is 2.22. The molecule has 1 aromatic rings. The summed E-state index contributed by atoms with van der Waals surface area (Å²) in [6.07, 6.45) is -1.67. The predicted octanol–water partition coefficient (Wildman–Crippen LogP) is 1.27. The number of ether oxygens (including phenoxy) is 1. The van der Waals surface area contributed by atoms with Gasteiger partial charge in [0.2, 0.25) is 0 Å². The molecule has 0 N–H and O–H groups in total. The summed E-state index contributed by atoms with van der Waals surface area (Å²) in [6, 6.07) is 2.82. The van der Waals surface area contributed by atoms with Gasteiger partial charge in [0.05, 0.1) is 5.56 Å². The highest BCUT2D eigenvalue weighted by atomic mass is 19.3. The Morgan fingerprint density at radius 1 is 1.54 bits per heavy atom. The van der Waals surface area contributed by atoms with Crippen molar-refractivity contribution in [2.24, 2.45) is 0 Å². The molecule has 1 unspecified atom stereocenters. The Balaban J connectivity index is 2.91. The van der Waals surface area contributed by atoms with Crippen LogP contribution < -0.4 is 4.73 Å². The minimum absolute atomic E-state index is 0.176. The normalized spacial score (nSPS) is 13.2. The zero-order valence-electron chi connectivity index (χ0n) is 6.98. The van der Waals surface area contributed by atoms with Gasteiger partial charge in [-0.2, -0.15) is 4.73 Å². The SMILES string of the molecule is COC(c1ccc[n+]([O-])c1)C(F)F. The second-order valence-electron chi connectivity index (χ2n) is 2.49. The Morgan fingerprint density at radius 3 is 2.69 bits per heavy atom. The van der Waals surface area contributed by atoms with Gasteiger partial charge in [-0.25, -0.2) is 8.78 Å². The van der Waals surface area contributed by atoms with E-state index in [-0.39, 0.29) is 5.56 Å². The molecule has 0 bridgehead atoms. The highest BCUT2D eigenvalue weighted by molar-refractivity contribution is 5.10. The van der Waals surface area contributed by atoms with Crippen molar-refractivity contribution in [3.05, 3.63) is 35.3 Å². The van der Waals surface area contributed by atoms with Crippen molar-refractivity contribution in [1.29, 1.82) is 0 Å². The van der Waals surface area contributed by atoms with E-state index in [1.165, 1.54) is 25.4 Å². The second-order valence-corrected chi connectivity index (χ2v) is 2.49. The summed E-state index contributed by atoms with van der Waals surface area (Å²) in [5.41, 5.74) is 0.176. The molecule has 0 saturated carbocycles. The standard InChI is InChI=1S/C8H9F2NO2/c1-13-7(8(9)10)6-3-2-4-11(12)5-6/h2-5,7-8H,1H3. The molecule has 13 heavy (non-hydrogen) atoms. The molecule has 3 nitrogen and oxygen atoms in total. The fraction of sp³-hybridized carbons (Fsp3) is 0.375. The van der Waals surface area contributed by atoms with Gasteiger partial charge in [0, 0.05) is 13.2 Å². The maximum Gasteiger partial charge on any atom is 0.268 e.